The molecule has 2 aliphatic rings. The Labute approximate surface area is 108 Å². The molecule has 5 nitrogen and oxygen atoms in total. The number of hydrogen-bond acceptors (Lipinski definition) is 5. The average Bonchev–Trinajstić information content (AvgIpc) is 3.09. The second-order valence-corrected chi connectivity index (χ2v) is 5.64. The van der Waals surface area contributed by atoms with E-state index in [0.29, 0.717) is 0 Å². The predicted molar refractivity (Wildman–Crippen MR) is 68.2 cm³/mol. The van der Waals surface area contributed by atoms with Gasteiger partial charge in [0.2, 0.25) is 5.89 Å². The van der Waals surface area contributed by atoms with E-state index < -0.39 is 0 Å². The molecule has 2 fully saturated rings. The molecule has 1 aliphatic heterocycles. The minimum Gasteiger partial charge on any atom is -0.338 e. The SMILES string of the molecule is Cc1noc([C@@H](C)N2CCN(CC3CC3)CC2)n1. The van der Waals surface area contributed by atoms with Crippen molar-refractivity contribution >= 4 is 0 Å². The van der Waals surface area contributed by atoms with E-state index in [1.165, 1.54) is 32.5 Å². The highest BCUT2D eigenvalue weighted by Crippen LogP contribution is 2.30. The van der Waals surface area contributed by atoms with Crippen molar-refractivity contribution in [3.63, 3.8) is 0 Å². The molecule has 1 saturated heterocycles. The fourth-order valence-electron chi connectivity index (χ4n) is 2.64. The summed E-state index contributed by atoms with van der Waals surface area (Å²) in [5.74, 6) is 2.47. The third-order valence-electron chi connectivity index (χ3n) is 4.07. The Morgan fingerprint density at radius 3 is 2.56 bits per heavy atom. The molecule has 18 heavy (non-hydrogen) atoms. The second-order valence-electron chi connectivity index (χ2n) is 5.64. The van der Waals surface area contributed by atoms with Crippen LogP contribution in [0.15, 0.2) is 4.52 Å². The summed E-state index contributed by atoms with van der Waals surface area (Å²) in [5, 5.41) is 3.87. The molecular formula is C13H22N4O. The van der Waals surface area contributed by atoms with Crippen LogP contribution in [-0.4, -0.2) is 52.7 Å². The van der Waals surface area contributed by atoms with E-state index in [1.807, 2.05) is 6.92 Å². The van der Waals surface area contributed by atoms with Crippen LogP contribution in [0.5, 0.6) is 0 Å². The highest BCUT2D eigenvalue weighted by molar-refractivity contribution is 4.92. The molecule has 0 bridgehead atoms. The van der Waals surface area contributed by atoms with Crippen LogP contribution in [0.4, 0.5) is 0 Å². The number of rotatable bonds is 4. The quantitative estimate of drug-likeness (QED) is 0.809. The lowest BCUT2D eigenvalue weighted by atomic mass is 10.2. The zero-order valence-electron chi connectivity index (χ0n) is 11.3. The molecule has 0 N–H and O–H groups in total. The van der Waals surface area contributed by atoms with Crippen LogP contribution in [0, 0.1) is 12.8 Å². The summed E-state index contributed by atoms with van der Waals surface area (Å²) in [6, 6.07) is 0.245. The van der Waals surface area contributed by atoms with Crippen molar-refractivity contribution in [3.8, 4) is 0 Å². The largest absolute Gasteiger partial charge is 0.338 e. The molecule has 1 aromatic rings. The smallest absolute Gasteiger partial charge is 0.243 e. The zero-order chi connectivity index (χ0) is 12.5. The van der Waals surface area contributed by atoms with E-state index in [1.54, 1.807) is 0 Å². The van der Waals surface area contributed by atoms with Gasteiger partial charge in [-0.15, -0.1) is 0 Å². The van der Waals surface area contributed by atoms with Crippen molar-refractivity contribution < 1.29 is 4.52 Å². The summed E-state index contributed by atoms with van der Waals surface area (Å²) < 4.78 is 5.26. The number of piperazine rings is 1. The van der Waals surface area contributed by atoms with E-state index in [4.69, 9.17) is 4.52 Å². The van der Waals surface area contributed by atoms with Crippen LogP contribution >= 0.6 is 0 Å². The molecule has 5 heteroatoms. The molecule has 2 heterocycles. The fourth-order valence-corrected chi connectivity index (χ4v) is 2.64. The number of aryl methyl sites for hydroxylation is 1. The lowest BCUT2D eigenvalue weighted by molar-refractivity contribution is 0.0859. The normalized spacial score (nSPS) is 24.3. The standard InChI is InChI=1S/C13H22N4O/c1-10(13-14-11(2)15-18-13)17-7-5-16(6-8-17)9-12-3-4-12/h10,12H,3-9H2,1-2H3/t10-/m1/s1. The first kappa shape index (κ1) is 12.1. The summed E-state index contributed by atoms with van der Waals surface area (Å²) in [6.07, 6.45) is 2.88. The molecule has 3 rings (SSSR count). The molecule has 0 aromatic carbocycles. The van der Waals surface area contributed by atoms with Gasteiger partial charge in [0, 0.05) is 32.7 Å². The maximum Gasteiger partial charge on any atom is 0.243 e. The average molecular weight is 250 g/mol. The van der Waals surface area contributed by atoms with E-state index in [0.717, 1.165) is 30.7 Å². The van der Waals surface area contributed by atoms with Crippen molar-refractivity contribution in [1.29, 1.82) is 0 Å². The van der Waals surface area contributed by atoms with Crippen LogP contribution in [-0.2, 0) is 0 Å². The molecule has 0 spiro atoms. The van der Waals surface area contributed by atoms with Crippen LogP contribution in [0.3, 0.4) is 0 Å². The van der Waals surface area contributed by atoms with Crippen molar-refractivity contribution in [1.82, 2.24) is 19.9 Å². The molecule has 1 saturated carbocycles. The first-order valence-corrected chi connectivity index (χ1v) is 6.99. The lowest BCUT2D eigenvalue weighted by Crippen LogP contribution is -2.47. The minimum atomic E-state index is 0.245. The van der Waals surface area contributed by atoms with Gasteiger partial charge in [-0.1, -0.05) is 5.16 Å². The highest BCUT2D eigenvalue weighted by atomic mass is 16.5. The Balaban J connectivity index is 1.52. The van der Waals surface area contributed by atoms with Gasteiger partial charge in [-0.05, 0) is 32.6 Å². The molecule has 1 atom stereocenters. The predicted octanol–water partition coefficient (Wildman–Crippen LogP) is 1.47. The minimum absolute atomic E-state index is 0.245. The Morgan fingerprint density at radius 1 is 1.28 bits per heavy atom. The van der Waals surface area contributed by atoms with E-state index in [2.05, 4.69) is 26.9 Å². The van der Waals surface area contributed by atoms with Crippen LogP contribution < -0.4 is 0 Å². The third-order valence-corrected chi connectivity index (χ3v) is 4.07. The number of hydrogen-bond donors (Lipinski definition) is 0. The summed E-state index contributed by atoms with van der Waals surface area (Å²) in [7, 11) is 0. The summed E-state index contributed by atoms with van der Waals surface area (Å²) in [4.78, 5) is 9.37. The van der Waals surface area contributed by atoms with Gasteiger partial charge in [0.05, 0.1) is 6.04 Å². The lowest BCUT2D eigenvalue weighted by Gasteiger charge is -2.36. The maximum absolute atomic E-state index is 5.26. The summed E-state index contributed by atoms with van der Waals surface area (Å²) >= 11 is 0. The molecule has 0 unspecified atom stereocenters. The molecule has 0 amide bonds. The fraction of sp³-hybridized carbons (Fsp3) is 0.846. The van der Waals surface area contributed by atoms with E-state index >= 15 is 0 Å². The van der Waals surface area contributed by atoms with Gasteiger partial charge in [0.25, 0.3) is 0 Å². The number of aromatic nitrogens is 2. The van der Waals surface area contributed by atoms with Crippen LogP contribution in [0.2, 0.25) is 0 Å². The van der Waals surface area contributed by atoms with Crippen LogP contribution in [0.25, 0.3) is 0 Å². The first-order valence-electron chi connectivity index (χ1n) is 6.99. The molecule has 0 radical (unpaired) electrons. The molecule has 1 aromatic heterocycles. The summed E-state index contributed by atoms with van der Waals surface area (Å²) in [5.41, 5.74) is 0. The monoisotopic (exact) mass is 250 g/mol. The van der Waals surface area contributed by atoms with Gasteiger partial charge >= 0.3 is 0 Å². The maximum atomic E-state index is 5.26. The Kier molecular flexibility index (Phi) is 3.35. The van der Waals surface area contributed by atoms with Gasteiger partial charge in [0.1, 0.15) is 0 Å². The van der Waals surface area contributed by atoms with E-state index in [-0.39, 0.29) is 6.04 Å². The third kappa shape index (κ3) is 2.72. The van der Waals surface area contributed by atoms with Gasteiger partial charge in [-0.2, -0.15) is 4.98 Å². The van der Waals surface area contributed by atoms with E-state index in [9.17, 15) is 0 Å². The first-order chi connectivity index (χ1) is 8.72. The number of nitrogens with zero attached hydrogens (tertiary/aromatic N) is 4. The highest BCUT2D eigenvalue weighted by Gasteiger charge is 2.29. The second kappa shape index (κ2) is 4.97. The molecule has 100 valence electrons. The molecule has 1 aliphatic carbocycles. The Morgan fingerprint density at radius 2 is 2.00 bits per heavy atom. The van der Waals surface area contributed by atoms with Crippen molar-refractivity contribution in [2.45, 2.75) is 32.7 Å². The Bertz CT molecular complexity index is 393. The van der Waals surface area contributed by atoms with Gasteiger partial charge in [0.15, 0.2) is 5.82 Å². The summed E-state index contributed by atoms with van der Waals surface area (Å²) in [6.45, 7) is 9.89. The molecular weight excluding hydrogens is 228 g/mol. The van der Waals surface area contributed by atoms with Crippen molar-refractivity contribution in [2.75, 3.05) is 32.7 Å². The van der Waals surface area contributed by atoms with Crippen LogP contribution in [0.1, 0.15) is 37.5 Å². The Hall–Kier alpha value is -0.940. The van der Waals surface area contributed by atoms with Gasteiger partial charge < -0.3 is 9.42 Å². The zero-order valence-corrected chi connectivity index (χ0v) is 11.3. The van der Waals surface area contributed by atoms with Gasteiger partial charge in [-0.3, -0.25) is 4.90 Å². The topological polar surface area (TPSA) is 45.4 Å². The van der Waals surface area contributed by atoms with Crippen molar-refractivity contribution in [2.24, 2.45) is 5.92 Å². The van der Waals surface area contributed by atoms with Crippen molar-refractivity contribution in [3.05, 3.63) is 11.7 Å². The van der Waals surface area contributed by atoms with Gasteiger partial charge in [-0.25, -0.2) is 0 Å².